The number of carbonyl (C=O) groups is 2. The number of anilines is 1. The van der Waals surface area contributed by atoms with E-state index < -0.39 is 6.04 Å². The zero-order valence-electron chi connectivity index (χ0n) is 14.6. The summed E-state index contributed by atoms with van der Waals surface area (Å²) in [5, 5.41) is 9.96. The van der Waals surface area contributed by atoms with Crippen molar-refractivity contribution in [1.29, 1.82) is 0 Å². The van der Waals surface area contributed by atoms with Gasteiger partial charge < -0.3 is 10.6 Å². The summed E-state index contributed by atoms with van der Waals surface area (Å²) in [7, 11) is 0. The minimum atomic E-state index is -0.579. The number of benzene rings is 1. The summed E-state index contributed by atoms with van der Waals surface area (Å²) in [5.74, 6) is 0.265. The lowest BCUT2D eigenvalue weighted by Gasteiger charge is -2.25. The van der Waals surface area contributed by atoms with Crippen LogP contribution in [0.3, 0.4) is 0 Å². The Morgan fingerprint density at radius 2 is 1.88 bits per heavy atom. The zero-order valence-corrected chi connectivity index (χ0v) is 14.6. The van der Waals surface area contributed by atoms with Crippen molar-refractivity contribution in [3.63, 3.8) is 0 Å². The topological polar surface area (TPSA) is 76.0 Å². The maximum Gasteiger partial charge on any atom is 0.247 e. The molecule has 2 N–H and O–H groups in total. The molecule has 0 radical (unpaired) electrons. The van der Waals surface area contributed by atoms with E-state index in [1.54, 1.807) is 13.0 Å². The highest BCUT2D eigenvalue weighted by molar-refractivity contribution is 5.96. The van der Waals surface area contributed by atoms with Gasteiger partial charge in [0, 0.05) is 18.2 Å². The van der Waals surface area contributed by atoms with Crippen molar-refractivity contribution >= 4 is 17.6 Å². The van der Waals surface area contributed by atoms with Crippen LogP contribution in [-0.2, 0) is 9.59 Å². The van der Waals surface area contributed by atoms with Crippen LogP contribution in [0, 0.1) is 5.92 Å². The minimum Gasteiger partial charge on any atom is -0.344 e. The summed E-state index contributed by atoms with van der Waals surface area (Å²) < 4.78 is 1.81. The normalized spacial score (nSPS) is 16.6. The summed E-state index contributed by atoms with van der Waals surface area (Å²) in [6.45, 7) is 3.74. The molecule has 1 heterocycles. The van der Waals surface area contributed by atoms with Gasteiger partial charge in [-0.25, -0.2) is 0 Å². The summed E-state index contributed by atoms with van der Waals surface area (Å²) in [4.78, 5) is 24.2. The van der Waals surface area contributed by atoms with Crippen molar-refractivity contribution in [3.05, 3.63) is 48.2 Å². The van der Waals surface area contributed by atoms with E-state index in [4.69, 9.17) is 0 Å². The number of rotatable bonds is 6. The minimum absolute atomic E-state index is 0.0304. The van der Waals surface area contributed by atoms with Crippen molar-refractivity contribution in [1.82, 2.24) is 15.1 Å². The number of aromatic nitrogens is 2. The molecular weight excluding hydrogens is 316 g/mol. The Morgan fingerprint density at radius 3 is 2.52 bits per heavy atom. The molecule has 1 aliphatic rings. The van der Waals surface area contributed by atoms with Gasteiger partial charge in [-0.15, -0.1) is 0 Å². The van der Waals surface area contributed by atoms with Crippen LogP contribution in [0.15, 0.2) is 42.6 Å². The number of nitrogens with zero attached hydrogens (tertiary/aromatic N) is 2. The van der Waals surface area contributed by atoms with E-state index in [0.717, 1.165) is 24.8 Å². The molecule has 1 aromatic heterocycles. The molecule has 0 unspecified atom stereocenters. The predicted molar refractivity (Wildman–Crippen MR) is 96.1 cm³/mol. The molecule has 1 aromatic carbocycles. The molecule has 1 aliphatic carbocycles. The predicted octanol–water partition coefficient (Wildman–Crippen LogP) is 2.74. The molecule has 132 valence electrons. The third-order valence-electron chi connectivity index (χ3n) is 4.77. The average molecular weight is 340 g/mol. The van der Waals surface area contributed by atoms with Gasteiger partial charge >= 0.3 is 0 Å². The lowest BCUT2D eigenvalue weighted by molar-refractivity contribution is -0.130. The third kappa shape index (κ3) is 4.07. The van der Waals surface area contributed by atoms with Crippen molar-refractivity contribution in [2.24, 2.45) is 5.92 Å². The van der Waals surface area contributed by atoms with Crippen LogP contribution < -0.4 is 10.6 Å². The molecule has 1 saturated carbocycles. The van der Waals surface area contributed by atoms with Crippen LogP contribution in [0.25, 0.3) is 0 Å². The molecule has 2 aromatic rings. The second-order valence-corrected chi connectivity index (χ2v) is 6.62. The highest BCUT2D eigenvalue weighted by Crippen LogP contribution is 2.26. The van der Waals surface area contributed by atoms with Crippen LogP contribution in [0.4, 0.5) is 5.82 Å². The molecule has 2 amide bonds. The number of carbonyl (C=O) groups excluding carboxylic acids is 2. The third-order valence-corrected chi connectivity index (χ3v) is 4.77. The van der Waals surface area contributed by atoms with E-state index in [2.05, 4.69) is 22.7 Å². The van der Waals surface area contributed by atoms with E-state index >= 15 is 0 Å². The van der Waals surface area contributed by atoms with Crippen molar-refractivity contribution in [2.45, 2.75) is 45.2 Å². The molecule has 6 nitrogen and oxygen atoms in total. The first kappa shape index (κ1) is 17.2. The number of nitrogens with one attached hydrogen (secondary N) is 2. The zero-order chi connectivity index (χ0) is 17.8. The number of hydrogen-bond donors (Lipinski definition) is 2. The van der Waals surface area contributed by atoms with Gasteiger partial charge in [0.2, 0.25) is 11.8 Å². The van der Waals surface area contributed by atoms with E-state index in [9.17, 15) is 9.59 Å². The lowest BCUT2D eigenvalue weighted by atomic mass is 9.84. The lowest BCUT2D eigenvalue weighted by Crippen LogP contribution is -2.45. The molecule has 0 aliphatic heterocycles. The van der Waals surface area contributed by atoms with Crippen LogP contribution in [-0.4, -0.2) is 27.6 Å². The Morgan fingerprint density at radius 1 is 1.16 bits per heavy atom. The largest absolute Gasteiger partial charge is 0.344 e. The Hall–Kier alpha value is -2.63. The van der Waals surface area contributed by atoms with E-state index in [0.29, 0.717) is 5.82 Å². The molecule has 0 bridgehead atoms. The Balaban J connectivity index is 1.57. The molecule has 0 saturated heterocycles. The van der Waals surface area contributed by atoms with Gasteiger partial charge in [-0.05, 0) is 32.3 Å². The Labute approximate surface area is 147 Å². The number of hydrogen-bond acceptors (Lipinski definition) is 3. The monoisotopic (exact) mass is 340 g/mol. The molecule has 3 rings (SSSR count). The van der Waals surface area contributed by atoms with Crippen LogP contribution in [0.2, 0.25) is 0 Å². The maximum absolute atomic E-state index is 12.3. The van der Waals surface area contributed by atoms with Crippen molar-refractivity contribution in [2.75, 3.05) is 5.32 Å². The van der Waals surface area contributed by atoms with Crippen LogP contribution in [0.1, 0.15) is 44.7 Å². The van der Waals surface area contributed by atoms with Crippen LogP contribution >= 0.6 is 0 Å². The molecule has 1 fully saturated rings. The van der Waals surface area contributed by atoms with Gasteiger partial charge in [0.15, 0.2) is 5.82 Å². The van der Waals surface area contributed by atoms with E-state index in [1.807, 2.05) is 41.2 Å². The van der Waals surface area contributed by atoms with E-state index in [1.165, 1.54) is 0 Å². The Kier molecular flexibility index (Phi) is 5.16. The first-order valence-electron chi connectivity index (χ1n) is 8.76. The SMILES string of the molecule is C[C@H](c1ccccc1)n1ccc(NC(=O)[C@@H](C)NC(=O)C2CCC2)n1. The van der Waals surface area contributed by atoms with Gasteiger partial charge in [0.25, 0.3) is 0 Å². The van der Waals surface area contributed by atoms with Gasteiger partial charge in [0.05, 0.1) is 6.04 Å². The molecule has 6 heteroatoms. The summed E-state index contributed by atoms with van der Waals surface area (Å²) in [5.41, 5.74) is 1.14. The molecule has 2 atom stereocenters. The smallest absolute Gasteiger partial charge is 0.247 e. The first-order valence-corrected chi connectivity index (χ1v) is 8.76. The fourth-order valence-corrected chi connectivity index (χ4v) is 2.81. The standard InChI is InChI=1S/C19H24N4O2/c1-13(20-19(25)16-9-6-10-16)18(24)21-17-11-12-23(22-17)14(2)15-7-4-3-5-8-15/h3-5,7-8,11-14,16H,6,9-10H2,1-2H3,(H,20,25)(H,21,22,24)/t13-,14-/m1/s1. The second kappa shape index (κ2) is 7.51. The fourth-order valence-electron chi connectivity index (χ4n) is 2.81. The quantitative estimate of drug-likeness (QED) is 0.849. The fraction of sp³-hybridized carbons (Fsp3) is 0.421. The molecule has 25 heavy (non-hydrogen) atoms. The average Bonchev–Trinajstić information content (AvgIpc) is 3.01. The van der Waals surface area contributed by atoms with Crippen molar-refractivity contribution in [3.8, 4) is 0 Å². The summed E-state index contributed by atoms with van der Waals surface area (Å²) >= 11 is 0. The van der Waals surface area contributed by atoms with Crippen LogP contribution in [0.5, 0.6) is 0 Å². The maximum atomic E-state index is 12.3. The molecule has 0 spiro atoms. The van der Waals surface area contributed by atoms with Gasteiger partial charge in [-0.1, -0.05) is 36.8 Å². The van der Waals surface area contributed by atoms with Gasteiger partial charge in [0.1, 0.15) is 6.04 Å². The van der Waals surface area contributed by atoms with Crippen molar-refractivity contribution < 1.29 is 9.59 Å². The first-order chi connectivity index (χ1) is 12.0. The van der Waals surface area contributed by atoms with Gasteiger partial charge in [-0.3, -0.25) is 14.3 Å². The molecular formula is C19H24N4O2. The number of amides is 2. The summed E-state index contributed by atoms with van der Waals surface area (Å²) in [6.07, 6.45) is 4.77. The highest BCUT2D eigenvalue weighted by atomic mass is 16.2. The van der Waals surface area contributed by atoms with E-state index in [-0.39, 0.29) is 23.8 Å². The van der Waals surface area contributed by atoms with Gasteiger partial charge in [-0.2, -0.15) is 5.10 Å². The Bertz CT molecular complexity index is 737. The summed E-state index contributed by atoms with van der Waals surface area (Å²) in [6, 6.07) is 11.3. The second-order valence-electron chi connectivity index (χ2n) is 6.62. The highest BCUT2D eigenvalue weighted by Gasteiger charge is 2.27.